The lowest BCUT2D eigenvalue weighted by Crippen LogP contribution is -2.25. The summed E-state index contributed by atoms with van der Waals surface area (Å²) < 4.78 is 4.74. The molecule has 2 N–H and O–H groups in total. The first kappa shape index (κ1) is 14.2. The highest BCUT2D eigenvalue weighted by atomic mass is 16.5. The molecule has 0 radical (unpaired) electrons. The summed E-state index contributed by atoms with van der Waals surface area (Å²) >= 11 is 0. The largest absolute Gasteiger partial charge is 0.462 e. The average Bonchev–Trinajstić information content (AvgIpc) is 2.25. The van der Waals surface area contributed by atoms with Gasteiger partial charge in [0.1, 0.15) is 5.56 Å². The fraction of sp³-hybridized carbons (Fsp3) is 0.583. The molecule has 1 rings (SSSR count). The van der Waals surface area contributed by atoms with E-state index in [0.717, 1.165) is 0 Å². The SMILES string of the molecule is CCOC(=O)c1cnc(NCC(C)(C)C)[nH]c1=O. The molecule has 0 spiro atoms. The standard InChI is InChI=1S/C12H19N3O3/c1-5-18-10(17)8-6-13-11(15-9(8)16)14-7-12(2,3)4/h6H,5,7H2,1-4H3,(H2,13,14,15,16). The molecule has 0 saturated carbocycles. The molecule has 0 aliphatic heterocycles. The quantitative estimate of drug-likeness (QED) is 0.792. The van der Waals surface area contributed by atoms with Gasteiger partial charge in [-0.3, -0.25) is 9.78 Å². The lowest BCUT2D eigenvalue weighted by Gasteiger charge is -2.18. The van der Waals surface area contributed by atoms with E-state index in [4.69, 9.17) is 4.74 Å². The number of esters is 1. The zero-order valence-electron chi connectivity index (χ0n) is 11.2. The van der Waals surface area contributed by atoms with Crippen LogP contribution < -0.4 is 10.9 Å². The van der Waals surface area contributed by atoms with Crippen LogP contribution in [-0.2, 0) is 4.74 Å². The predicted molar refractivity (Wildman–Crippen MR) is 68.8 cm³/mol. The molecule has 6 heteroatoms. The van der Waals surface area contributed by atoms with Crippen LogP contribution in [0.5, 0.6) is 0 Å². The molecule has 18 heavy (non-hydrogen) atoms. The van der Waals surface area contributed by atoms with Crippen LogP contribution in [0.2, 0.25) is 0 Å². The fourth-order valence-corrected chi connectivity index (χ4v) is 1.19. The maximum Gasteiger partial charge on any atom is 0.345 e. The van der Waals surface area contributed by atoms with Crippen LogP contribution >= 0.6 is 0 Å². The Morgan fingerprint density at radius 1 is 1.50 bits per heavy atom. The van der Waals surface area contributed by atoms with E-state index in [-0.39, 0.29) is 17.6 Å². The number of H-pyrrole nitrogens is 1. The van der Waals surface area contributed by atoms with Gasteiger partial charge in [-0.2, -0.15) is 0 Å². The van der Waals surface area contributed by atoms with E-state index >= 15 is 0 Å². The molecule has 0 amide bonds. The van der Waals surface area contributed by atoms with Gasteiger partial charge in [-0.25, -0.2) is 9.78 Å². The first-order valence-corrected chi connectivity index (χ1v) is 5.84. The number of rotatable bonds is 4. The zero-order chi connectivity index (χ0) is 13.8. The summed E-state index contributed by atoms with van der Waals surface area (Å²) in [7, 11) is 0. The molecule has 6 nitrogen and oxygen atoms in total. The van der Waals surface area contributed by atoms with Gasteiger partial charge in [0, 0.05) is 6.54 Å². The number of hydrogen-bond donors (Lipinski definition) is 2. The number of nitrogens with zero attached hydrogens (tertiary/aromatic N) is 1. The van der Waals surface area contributed by atoms with Crippen molar-refractivity contribution < 1.29 is 9.53 Å². The normalized spacial score (nSPS) is 11.1. The Morgan fingerprint density at radius 2 is 2.17 bits per heavy atom. The Morgan fingerprint density at radius 3 is 2.67 bits per heavy atom. The number of ether oxygens (including phenoxy) is 1. The van der Waals surface area contributed by atoms with Crippen molar-refractivity contribution in [3.8, 4) is 0 Å². The topological polar surface area (TPSA) is 84.1 Å². The van der Waals surface area contributed by atoms with Gasteiger partial charge in [-0.1, -0.05) is 20.8 Å². The summed E-state index contributed by atoms with van der Waals surface area (Å²) in [5.74, 6) is -0.309. The van der Waals surface area contributed by atoms with Gasteiger partial charge >= 0.3 is 5.97 Å². The van der Waals surface area contributed by atoms with Crippen molar-refractivity contribution >= 4 is 11.9 Å². The van der Waals surface area contributed by atoms with Crippen molar-refractivity contribution in [1.82, 2.24) is 9.97 Å². The van der Waals surface area contributed by atoms with Crippen molar-refractivity contribution in [1.29, 1.82) is 0 Å². The van der Waals surface area contributed by atoms with Gasteiger partial charge in [0.15, 0.2) is 0 Å². The van der Waals surface area contributed by atoms with Gasteiger partial charge in [-0.15, -0.1) is 0 Å². The second-order valence-electron chi connectivity index (χ2n) is 5.11. The molecule has 0 aliphatic rings. The molecule has 0 atom stereocenters. The Bertz CT molecular complexity index is 474. The number of hydrogen-bond acceptors (Lipinski definition) is 5. The van der Waals surface area contributed by atoms with Crippen LogP contribution in [0.15, 0.2) is 11.0 Å². The number of carbonyl (C=O) groups is 1. The maximum atomic E-state index is 11.6. The van der Waals surface area contributed by atoms with E-state index in [0.29, 0.717) is 12.5 Å². The number of anilines is 1. The van der Waals surface area contributed by atoms with Gasteiger partial charge in [0.2, 0.25) is 5.95 Å². The van der Waals surface area contributed by atoms with E-state index in [1.165, 1.54) is 6.20 Å². The first-order valence-electron chi connectivity index (χ1n) is 5.84. The Kier molecular flexibility index (Phi) is 4.47. The molecule has 1 heterocycles. The monoisotopic (exact) mass is 253 g/mol. The van der Waals surface area contributed by atoms with E-state index < -0.39 is 11.5 Å². The van der Waals surface area contributed by atoms with Crippen molar-refractivity contribution in [2.45, 2.75) is 27.7 Å². The minimum Gasteiger partial charge on any atom is -0.462 e. The van der Waals surface area contributed by atoms with Crippen molar-refractivity contribution in [2.75, 3.05) is 18.5 Å². The zero-order valence-corrected chi connectivity index (χ0v) is 11.2. The van der Waals surface area contributed by atoms with E-state index in [1.807, 2.05) is 0 Å². The van der Waals surface area contributed by atoms with Crippen LogP contribution in [-0.4, -0.2) is 29.1 Å². The highest BCUT2D eigenvalue weighted by Crippen LogP contribution is 2.12. The number of aromatic amines is 1. The van der Waals surface area contributed by atoms with E-state index in [2.05, 4.69) is 36.1 Å². The summed E-state index contributed by atoms with van der Waals surface area (Å²) in [6.45, 7) is 8.75. The van der Waals surface area contributed by atoms with Gasteiger partial charge < -0.3 is 10.1 Å². The molecule has 0 aromatic carbocycles. The van der Waals surface area contributed by atoms with Crippen LogP contribution in [0, 0.1) is 5.41 Å². The molecule has 100 valence electrons. The van der Waals surface area contributed by atoms with Crippen molar-refractivity contribution in [3.05, 3.63) is 22.1 Å². The lowest BCUT2D eigenvalue weighted by atomic mass is 9.97. The van der Waals surface area contributed by atoms with Crippen LogP contribution in [0.1, 0.15) is 38.1 Å². The van der Waals surface area contributed by atoms with E-state index in [9.17, 15) is 9.59 Å². The minimum atomic E-state index is -0.659. The van der Waals surface area contributed by atoms with Gasteiger partial charge in [0.05, 0.1) is 12.8 Å². The number of aromatic nitrogens is 2. The smallest absolute Gasteiger partial charge is 0.345 e. The Labute approximate surface area is 106 Å². The maximum absolute atomic E-state index is 11.6. The summed E-state index contributed by atoms with van der Waals surface area (Å²) in [4.78, 5) is 29.5. The third-order valence-corrected chi connectivity index (χ3v) is 2.08. The third kappa shape index (κ3) is 4.20. The molecule has 1 aromatic heterocycles. The van der Waals surface area contributed by atoms with Gasteiger partial charge in [0.25, 0.3) is 5.56 Å². The minimum absolute atomic E-state index is 0.0678. The third-order valence-electron chi connectivity index (χ3n) is 2.08. The highest BCUT2D eigenvalue weighted by Gasteiger charge is 2.14. The molecular formula is C12H19N3O3. The fourth-order valence-electron chi connectivity index (χ4n) is 1.19. The van der Waals surface area contributed by atoms with Crippen molar-refractivity contribution in [2.24, 2.45) is 5.41 Å². The van der Waals surface area contributed by atoms with Crippen LogP contribution in [0.4, 0.5) is 5.95 Å². The summed E-state index contributed by atoms with van der Waals surface area (Å²) in [5.41, 5.74) is -0.517. The van der Waals surface area contributed by atoms with Gasteiger partial charge in [-0.05, 0) is 12.3 Å². The van der Waals surface area contributed by atoms with Crippen molar-refractivity contribution in [3.63, 3.8) is 0 Å². The predicted octanol–water partition coefficient (Wildman–Crippen LogP) is 1.40. The van der Waals surface area contributed by atoms with Crippen LogP contribution in [0.3, 0.4) is 0 Å². The summed E-state index contributed by atoms with van der Waals surface area (Å²) in [6, 6.07) is 0. The number of carbonyl (C=O) groups excluding carboxylic acids is 1. The molecule has 0 aliphatic carbocycles. The molecule has 0 fully saturated rings. The summed E-state index contributed by atoms with van der Waals surface area (Å²) in [5, 5.41) is 3.00. The highest BCUT2D eigenvalue weighted by molar-refractivity contribution is 5.88. The molecule has 0 bridgehead atoms. The Hall–Kier alpha value is -1.85. The molecule has 1 aromatic rings. The molecule has 0 saturated heterocycles. The Balaban J connectivity index is 2.80. The first-order chi connectivity index (χ1) is 8.33. The molecular weight excluding hydrogens is 234 g/mol. The van der Waals surface area contributed by atoms with E-state index in [1.54, 1.807) is 6.92 Å². The second-order valence-corrected chi connectivity index (χ2v) is 5.11. The lowest BCUT2D eigenvalue weighted by molar-refractivity contribution is 0.0524. The van der Waals surface area contributed by atoms with Crippen LogP contribution in [0.25, 0.3) is 0 Å². The average molecular weight is 253 g/mol. The summed E-state index contributed by atoms with van der Waals surface area (Å²) in [6.07, 6.45) is 1.22. The second kappa shape index (κ2) is 5.66. The molecule has 0 unspecified atom stereocenters. The number of nitrogens with one attached hydrogen (secondary N) is 2.